The molecule has 0 fully saturated rings. The lowest BCUT2D eigenvalue weighted by Crippen LogP contribution is -2.43. The van der Waals surface area contributed by atoms with Gasteiger partial charge in [-0.2, -0.15) is 0 Å². The van der Waals surface area contributed by atoms with Gasteiger partial charge in [-0.25, -0.2) is 0 Å². The Balaban J connectivity index is 1.42. The van der Waals surface area contributed by atoms with E-state index in [2.05, 4.69) is 49.1 Å². The summed E-state index contributed by atoms with van der Waals surface area (Å²) in [6, 6.07) is 18.5. The van der Waals surface area contributed by atoms with Crippen molar-refractivity contribution in [2.75, 3.05) is 24.5 Å². The van der Waals surface area contributed by atoms with Crippen molar-refractivity contribution in [1.82, 2.24) is 4.90 Å². The van der Waals surface area contributed by atoms with E-state index in [-0.39, 0.29) is 0 Å². The van der Waals surface area contributed by atoms with Crippen molar-refractivity contribution in [2.24, 2.45) is 0 Å². The van der Waals surface area contributed by atoms with Gasteiger partial charge in [0.25, 0.3) is 11.8 Å². The number of carboxylic acid groups (broad SMARTS) is 1. The summed E-state index contributed by atoms with van der Waals surface area (Å²) in [5.74, 6) is -2.32. The smallest absolute Gasteiger partial charge is 0.323 e. The molecule has 0 spiro atoms. The van der Waals surface area contributed by atoms with Crippen molar-refractivity contribution in [1.29, 1.82) is 0 Å². The average Bonchev–Trinajstić information content (AvgIpc) is 3.06. The van der Waals surface area contributed by atoms with E-state index in [1.54, 1.807) is 12.1 Å². The number of fused-ring (bicyclic) bond motifs is 2. The van der Waals surface area contributed by atoms with E-state index < -0.39 is 24.3 Å². The molecule has 0 saturated heterocycles. The zero-order valence-electron chi connectivity index (χ0n) is 27.4. The molecule has 0 bridgehead atoms. The minimum absolute atomic E-state index is 0.382. The van der Waals surface area contributed by atoms with Crippen LogP contribution in [0.2, 0.25) is 0 Å². The maximum atomic E-state index is 13.4. The molecule has 0 saturated carbocycles. The highest BCUT2D eigenvalue weighted by Crippen LogP contribution is 2.45. The predicted molar refractivity (Wildman–Crippen MR) is 190 cm³/mol. The molecule has 1 N–H and O–H groups in total. The molecule has 0 aromatic heterocycles. The van der Waals surface area contributed by atoms with E-state index in [4.69, 9.17) is 0 Å². The first-order valence-corrected chi connectivity index (χ1v) is 17.4. The van der Waals surface area contributed by atoms with Crippen LogP contribution in [0.5, 0.6) is 0 Å². The van der Waals surface area contributed by atoms with Crippen LogP contribution in [0.15, 0.2) is 54.6 Å². The van der Waals surface area contributed by atoms with Crippen LogP contribution in [0.3, 0.4) is 0 Å². The maximum absolute atomic E-state index is 13.4. The van der Waals surface area contributed by atoms with Crippen LogP contribution < -0.4 is 4.90 Å². The van der Waals surface area contributed by atoms with E-state index >= 15 is 0 Å². The molecule has 2 amide bonds. The van der Waals surface area contributed by atoms with Gasteiger partial charge in [-0.3, -0.25) is 19.3 Å². The zero-order chi connectivity index (χ0) is 32.2. The van der Waals surface area contributed by atoms with E-state index in [9.17, 15) is 19.5 Å². The fraction of sp³-hybridized carbons (Fsp3) is 0.425. The highest BCUT2D eigenvalue weighted by molar-refractivity contribution is 6.39. The number of carbonyl (C=O) groups is 3. The van der Waals surface area contributed by atoms with Gasteiger partial charge < -0.3 is 10.0 Å². The fourth-order valence-electron chi connectivity index (χ4n) is 7.60. The number of aliphatic carboxylic acids is 1. The van der Waals surface area contributed by atoms with Crippen LogP contribution in [-0.4, -0.2) is 47.4 Å². The molecule has 240 valence electrons. The van der Waals surface area contributed by atoms with Gasteiger partial charge in [0.2, 0.25) is 0 Å². The van der Waals surface area contributed by atoms with Gasteiger partial charge in [0, 0.05) is 40.7 Å². The number of anilines is 1. The first-order chi connectivity index (χ1) is 22.5. The van der Waals surface area contributed by atoms with Gasteiger partial charge in [-0.15, -0.1) is 0 Å². The standard InChI is InChI=1S/C40H46N2O4/c1-3-5-7-9-11-13-24-41(25-14-12-10-8-6-4-2)34-23-22-28-30-19-21-33-38-32(39(45)42(40(33)46)26-35(43)44)20-18-29(37(30)38)27-16-15-17-31(34)36(27)28/h15-23H,3-14,24-26H2,1-2H3,(H,43,44). The van der Waals surface area contributed by atoms with Crippen LogP contribution in [0, 0.1) is 0 Å². The Hall–Kier alpha value is -4.19. The third-order valence-electron chi connectivity index (χ3n) is 9.91. The van der Waals surface area contributed by atoms with E-state index in [0.717, 1.165) is 44.9 Å². The van der Waals surface area contributed by atoms with Gasteiger partial charge in [-0.05, 0) is 63.4 Å². The predicted octanol–water partition coefficient (Wildman–Crippen LogP) is 9.95. The molecule has 6 rings (SSSR count). The summed E-state index contributed by atoms with van der Waals surface area (Å²) in [5, 5.41) is 17.6. The Bertz CT molecular complexity index is 1810. The van der Waals surface area contributed by atoms with Crippen LogP contribution in [0.1, 0.15) is 112 Å². The van der Waals surface area contributed by atoms with Crippen molar-refractivity contribution in [2.45, 2.75) is 90.9 Å². The lowest BCUT2D eigenvalue weighted by molar-refractivity contribution is -0.137. The van der Waals surface area contributed by atoms with Gasteiger partial charge in [0.15, 0.2) is 0 Å². The Kier molecular flexibility index (Phi) is 9.72. The molecule has 0 atom stereocenters. The monoisotopic (exact) mass is 618 g/mol. The lowest BCUT2D eigenvalue weighted by atomic mass is 9.84. The number of carboxylic acids is 1. The molecular weight excluding hydrogens is 572 g/mol. The molecule has 46 heavy (non-hydrogen) atoms. The van der Waals surface area contributed by atoms with Gasteiger partial charge in [0.1, 0.15) is 6.54 Å². The summed E-state index contributed by atoms with van der Waals surface area (Å²) < 4.78 is 0. The molecule has 5 aromatic carbocycles. The second kappa shape index (κ2) is 14.1. The van der Waals surface area contributed by atoms with E-state index in [1.807, 2.05) is 12.1 Å². The van der Waals surface area contributed by atoms with Crippen molar-refractivity contribution in [3.8, 4) is 0 Å². The maximum Gasteiger partial charge on any atom is 0.323 e. The van der Waals surface area contributed by atoms with Gasteiger partial charge >= 0.3 is 5.97 Å². The number of rotatable bonds is 17. The quantitative estimate of drug-likeness (QED) is 0.0486. The molecule has 1 aliphatic heterocycles. The summed E-state index contributed by atoms with van der Waals surface area (Å²) in [6.45, 7) is 5.98. The summed E-state index contributed by atoms with van der Waals surface area (Å²) >= 11 is 0. The van der Waals surface area contributed by atoms with Crippen LogP contribution in [-0.2, 0) is 4.79 Å². The third-order valence-corrected chi connectivity index (χ3v) is 9.91. The van der Waals surface area contributed by atoms with Crippen LogP contribution >= 0.6 is 0 Å². The first kappa shape index (κ1) is 31.8. The highest BCUT2D eigenvalue weighted by Gasteiger charge is 2.35. The minimum Gasteiger partial charge on any atom is -0.480 e. The Morgan fingerprint density at radius 1 is 0.587 bits per heavy atom. The number of hydrogen-bond donors (Lipinski definition) is 1. The summed E-state index contributed by atoms with van der Waals surface area (Å²) in [7, 11) is 0. The summed E-state index contributed by atoms with van der Waals surface area (Å²) in [5.41, 5.74) is 2.05. The molecule has 0 unspecified atom stereocenters. The zero-order valence-corrected chi connectivity index (χ0v) is 27.4. The normalized spacial score (nSPS) is 13.2. The molecule has 5 aromatic rings. The van der Waals surface area contributed by atoms with Gasteiger partial charge in [0.05, 0.1) is 0 Å². The molecule has 1 aliphatic rings. The number of amides is 2. The van der Waals surface area contributed by atoms with Crippen LogP contribution in [0.4, 0.5) is 5.69 Å². The molecule has 6 heteroatoms. The Morgan fingerprint density at radius 2 is 1.07 bits per heavy atom. The number of benzene rings is 5. The highest BCUT2D eigenvalue weighted by atomic mass is 16.4. The number of imide groups is 1. The molecule has 6 nitrogen and oxygen atoms in total. The SMILES string of the molecule is CCCCCCCCN(CCCCCCCC)c1ccc2c3ccc4c5c(ccc(c6cccc1c62)c53)C(=O)N(CC(=O)O)C4=O. The Labute approximate surface area is 271 Å². The number of unbranched alkanes of at least 4 members (excludes halogenated alkanes) is 10. The number of carbonyl (C=O) groups excluding carboxylic acids is 2. The Morgan fingerprint density at radius 3 is 1.63 bits per heavy atom. The molecule has 0 radical (unpaired) electrons. The third kappa shape index (κ3) is 5.90. The van der Waals surface area contributed by atoms with E-state index in [1.165, 1.54) is 93.5 Å². The second-order valence-electron chi connectivity index (χ2n) is 13.0. The molecule has 0 aliphatic carbocycles. The van der Waals surface area contributed by atoms with Crippen molar-refractivity contribution in [3.05, 3.63) is 65.7 Å². The van der Waals surface area contributed by atoms with E-state index in [0.29, 0.717) is 16.5 Å². The van der Waals surface area contributed by atoms with Crippen molar-refractivity contribution in [3.63, 3.8) is 0 Å². The van der Waals surface area contributed by atoms with Crippen molar-refractivity contribution >= 4 is 66.6 Å². The number of nitrogens with zero attached hydrogens (tertiary/aromatic N) is 2. The lowest BCUT2D eigenvalue weighted by Gasteiger charge is -2.29. The molecular formula is C40H46N2O4. The average molecular weight is 619 g/mol. The van der Waals surface area contributed by atoms with Crippen molar-refractivity contribution < 1.29 is 19.5 Å². The summed E-state index contributed by atoms with van der Waals surface area (Å²) in [4.78, 5) is 41.7. The molecule has 1 heterocycles. The van der Waals surface area contributed by atoms with Gasteiger partial charge in [-0.1, -0.05) is 114 Å². The largest absolute Gasteiger partial charge is 0.480 e. The topological polar surface area (TPSA) is 77.9 Å². The first-order valence-electron chi connectivity index (χ1n) is 17.4. The second-order valence-corrected chi connectivity index (χ2v) is 13.0. The fourth-order valence-corrected chi connectivity index (χ4v) is 7.60. The minimum atomic E-state index is -1.21. The number of hydrogen-bond acceptors (Lipinski definition) is 4. The summed E-state index contributed by atoms with van der Waals surface area (Å²) in [6.07, 6.45) is 15.3. The van der Waals surface area contributed by atoms with Crippen LogP contribution in [0.25, 0.3) is 43.1 Å².